The van der Waals surface area contributed by atoms with E-state index in [1.165, 1.54) is 0 Å². The SMILES string of the molecule is C=N/C(=C\c1cc(-c2cnn(C)c2)ccc1C)NC(=O)C1CCN(C(=O)c2ccccc2)CC1. The van der Waals surface area contributed by atoms with Crippen LogP contribution in [0.4, 0.5) is 0 Å². The molecule has 7 heteroatoms. The van der Waals surface area contributed by atoms with E-state index in [-0.39, 0.29) is 17.7 Å². The van der Waals surface area contributed by atoms with Gasteiger partial charge in [-0.25, -0.2) is 4.99 Å². The smallest absolute Gasteiger partial charge is 0.253 e. The first-order valence-electron chi connectivity index (χ1n) is 11.4. The van der Waals surface area contributed by atoms with Crippen LogP contribution in [0.5, 0.6) is 0 Å². The summed E-state index contributed by atoms with van der Waals surface area (Å²) in [6.07, 6.45) is 6.85. The lowest BCUT2D eigenvalue weighted by Gasteiger charge is -2.31. The van der Waals surface area contributed by atoms with Crippen LogP contribution < -0.4 is 5.32 Å². The van der Waals surface area contributed by atoms with E-state index in [0.717, 1.165) is 22.3 Å². The largest absolute Gasteiger partial charge is 0.339 e. The molecule has 1 fully saturated rings. The third kappa shape index (κ3) is 5.31. The summed E-state index contributed by atoms with van der Waals surface area (Å²) >= 11 is 0. The van der Waals surface area contributed by atoms with E-state index in [1.807, 2.05) is 79.8 Å². The number of rotatable bonds is 6. The van der Waals surface area contributed by atoms with E-state index in [9.17, 15) is 9.59 Å². The summed E-state index contributed by atoms with van der Waals surface area (Å²) in [5, 5.41) is 7.16. The molecule has 0 radical (unpaired) electrons. The van der Waals surface area contributed by atoms with Gasteiger partial charge in [-0.05, 0) is 67.4 Å². The predicted octanol–water partition coefficient (Wildman–Crippen LogP) is 4.06. The Bertz CT molecular complexity index is 1220. The highest BCUT2D eigenvalue weighted by Gasteiger charge is 2.28. The normalized spacial score (nSPS) is 14.6. The van der Waals surface area contributed by atoms with Crippen molar-refractivity contribution in [1.29, 1.82) is 0 Å². The molecule has 3 aromatic rings. The van der Waals surface area contributed by atoms with Gasteiger partial charge < -0.3 is 10.2 Å². The van der Waals surface area contributed by atoms with Crippen molar-refractivity contribution >= 4 is 24.6 Å². The third-order valence-corrected chi connectivity index (χ3v) is 6.20. The number of hydrogen-bond donors (Lipinski definition) is 1. The number of amides is 2. The number of aryl methyl sites for hydroxylation is 2. The van der Waals surface area contributed by atoms with Crippen LogP contribution in [0.15, 0.2) is 71.7 Å². The van der Waals surface area contributed by atoms with Crippen LogP contribution in [-0.2, 0) is 11.8 Å². The minimum Gasteiger partial charge on any atom is -0.339 e. The average molecular weight is 456 g/mol. The van der Waals surface area contributed by atoms with E-state index in [2.05, 4.69) is 28.2 Å². The number of carbonyl (C=O) groups excluding carboxylic acids is 2. The van der Waals surface area contributed by atoms with Gasteiger partial charge in [-0.2, -0.15) is 5.10 Å². The van der Waals surface area contributed by atoms with Crippen molar-refractivity contribution in [1.82, 2.24) is 20.0 Å². The maximum atomic E-state index is 12.9. The van der Waals surface area contributed by atoms with E-state index in [4.69, 9.17) is 0 Å². The van der Waals surface area contributed by atoms with Gasteiger partial charge in [0.1, 0.15) is 5.82 Å². The second-order valence-corrected chi connectivity index (χ2v) is 8.58. The molecule has 1 aliphatic heterocycles. The standard InChI is InChI=1S/C27H29N5O2/c1-19-9-10-22(24-17-29-31(3)18-24)15-23(19)16-25(28-2)30-26(33)20-11-13-32(14-12-20)27(34)21-7-5-4-6-8-21/h4-10,15-18,20H,2,11-14H2,1,3H3,(H,30,33)/b25-16+. The number of likely N-dealkylation sites (tertiary alicyclic amines) is 1. The maximum Gasteiger partial charge on any atom is 0.253 e. The molecule has 1 N–H and O–H groups in total. The van der Waals surface area contributed by atoms with Crippen molar-refractivity contribution in [3.63, 3.8) is 0 Å². The van der Waals surface area contributed by atoms with Crippen molar-refractivity contribution in [3.05, 3.63) is 83.4 Å². The van der Waals surface area contributed by atoms with Crippen LogP contribution in [0, 0.1) is 12.8 Å². The first kappa shape index (κ1) is 23.2. The van der Waals surface area contributed by atoms with Gasteiger partial charge in [-0.15, -0.1) is 0 Å². The van der Waals surface area contributed by atoms with E-state index in [0.29, 0.717) is 37.3 Å². The number of hydrogen-bond acceptors (Lipinski definition) is 4. The fourth-order valence-electron chi connectivity index (χ4n) is 4.15. The van der Waals surface area contributed by atoms with Crippen molar-refractivity contribution in [3.8, 4) is 11.1 Å². The number of carbonyl (C=O) groups is 2. The first-order chi connectivity index (χ1) is 16.4. The van der Waals surface area contributed by atoms with Crippen molar-refractivity contribution in [2.24, 2.45) is 18.0 Å². The van der Waals surface area contributed by atoms with Crippen molar-refractivity contribution < 1.29 is 9.59 Å². The van der Waals surface area contributed by atoms with Crippen molar-refractivity contribution in [2.45, 2.75) is 19.8 Å². The van der Waals surface area contributed by atoms with E-state index in [1.54, 1.807) is 4.68 Å². The molecule has 0 bridgehead atoms. The molecule has 0 aliphatic carbocycles. The highest BCUT2D eigenvalue weighted by Crippen LogP contribution is 2.24. The van der Waals surface area contributed by atoms with Crippen LogP contribution in [0.2, 0.25) is 0 Å². The molecule has 1 saturated heterocycles. The Morgan fingerprint density at radius 1 is 1.12 bits per heavy atom. The maximum absolute atomic E-state index is 12.9. The van der Waals surface area contributed by atoms with Crippen LogP contribution in [0.3, 0.4) is 0 Å². The van der Waals surface area contributed by atoms with Gasteiger partial charge in [0.05, 0.1) is 6.20 Å². The van der Waals surface area contributed by atoms with Crippen LogP contribution >= 0.6 is 0 Å². The topological polar surface area (TPSA) is 79.6 Å². The number of benzene rings is 2. The Kier molecular flexibility index (Phi) is 7.01. The monoisotopic (exact) mass is 455 g/mol. The molecule has 1 aliphatic rings. The molecule has 2 aromatic carbocycles. The molecule has 7 nitrogen and oxygen atoms in total. The number of nitrogens with zero attached hydrogens (tertiary/aromatic N) is 4. The van der Waals surface area contributed by atoms with E-state index >= 15 is 0 Å². The molecule has 174 valence electrons. The Labute approximate surface area is 199 Å². The third-order valence-electron chi connectivity index (χ3n) is 6.20. The van der Waals surface area contributed by atoms with Crippen LogP contribution in [-0.4, -0.2) is 46.3 Å². The minimum absolute atomic E-state index is 0.0109. The summed E-state index contributed by atoms with van der Waals surface area (Å²) in [6.45, 7) is 6.76. The number of piperidine rings is 1. The molecule has 4 rings (SSSR count). The Hall–Kier alpha value is -4.00. The lowest BCUT2D eigenvalue weighted by Crippen LogP contribution is -2.42. The van der Waals surface area contributed by atoms with Crippen LogP contribution in [0.1, 0.15) is 34.3 Å². The van der Waals surface area contributed by atoms with Crippen molar-refractivity contribution in [2.75, 3.05) is 13.1 Å². The second-order valence-electron chi connectivity index (χ2n) is 8.58. The highest BCUT2D eigenvalue weighted by atomic mass is 16.2. The average Bonchev–Trinajstić information content (AvgIpc) is 3.31. The zero-order valence-electron chi connectivity index (χ0n) is 19.6. The zero-order valence-corrected chi connectivity index (χ0v) is 19.6. The van der Waals surface area contributed by atoms with E-state index < -0.39 is 0 Å². The van der Waals surface area contributed by atoms with Gasteiger partial charge >= 0.3 is 0 Å². The fourth-order valence-corrected chi connectivity index (χ4v) is 4.15. The molecule has 34 heavy (non-hydrogen) atoms. The number of nitrogens with one attached hydrogen (secondary N) is 1. The van der Waals surface area contributed by atoms with Gasteiger partial charge in [0, 0.05) is 43.4 Å². The number of aromatic nitrogens is 2. The first-order valence-corrected chi connectivity index (χ1v) is 11.4. The van der Waals surface area contributed by atoms with Gasteiger partial charge in [-0.1, -0.05) is 30.3 Å². The fraction of sp³-hybridized carbons (Fsp3) is 0.259. The Morgan fingerprint density at radius 2 is 1.85 bits per heavy atom. The second kappa shape index (κ2) is 10.3. The lowest BCUT2D eigenvalue weighted by molar-refractivity contribution is -0.125. The minimum atomic E-state index is -0.173. The summed E-state index contributed by atoms with van der Waals surface area (Å²) in [7, 11) is 1.88. The Morgan fingerprint density at radius 3 is 2.50 bits per heavy atom. The molecule has 0 unspecified atom stereocenters. The predicted molar refractivity (Wildman–Crippen MR) is 134 cm³/mol. The summed E-state index contributed by atoms with van der Waals surface area (Å²) in [6, 6.07) is 15.4. The molecule has 2 heterocycles. The summed E-state index contributed by atoms with van der Waals surface area (Å²) in [5.74, 6) is 0.162. The van der Waals surface area contributed by atoms with Crippen LogP contribution in [0.25, 0.3) is 17.2 Å². The molecular formula is C27H29N5O2. The molecule has 0 spiro atoms. The van der Waals surface area contributed by atoms with Gasteiger partial charge in [0.25, 0.3) is 5.91 Å². The molecular weight excluding hydrogens is 426 g/mol. The summed E-state index contributed by atoms with van der Waals surface area (Å²) in [4.78, 5) is 31.4. The van der Waals surface area contributed by atoms with Gasteiger partial charge in [0.2, 0.25) is 5.91 Å². The molecule has 0 saturated carbocycles. The zero-order chi connectivity index (χ0) is 24.1. The van der Waals surface area contributed by atoms with Gasteiger partial charge in [0.15, 0.2) is 0 Å². The lowest BCUT2D eigenvalue weighted by atomic mass is 9.95. The quantitative estimate of drug-likeness (QED) is 0.569. The molecule has 2 amide bonds. The number of aliphatic imine (C=N–C) groups is 1. The summed E-state index contributed by atoms with van der Waals surface area (Å²) < 4.78 is 1.76. The molecule has 0 atom stereocenters. The molecule has 1 aromatic heterocycles. The highest BCUT2D eigenvalue weighted by molar-refractivity contribution is 5.94. The summed E-state index contributed by atoms with van der Waals surface area (Å²) in [5.41, 5.74) is 4.75. The Balaban J connectivity index is 1.41. The van der Waals surface area contributed by atoms with Gasteiger partial charge in [-0.3, -0.25) is 14.3 Å².